The molecule has 1 aliphatic heterocycles. The van der Waals surface area contributed by atoms with E-state index < -0.39 is 0 Å². The molecule has 1 aromatic rings. The lowest BCUT2D eigenvalue weighted by Gasteiger charge is -2.38. The summed E-state index contributed by atoms with van der Waals surface area (Å²) in [4.78, 5) is 2.45. The highest BCUT2D eigenvalue weighted by molar-refractivity contribution is 5.15. The maximum atomic E-state index is 9.67. The molecule has 0 amide bonds. The standard InChI is InChI=1S/C17H27NO/c1-16(2,3)17(4)10-15(12-19)18(13-17)11-14-8-6-5-7-9-14/h5-9,15,19H,10-13H2,1-4H3/t15-,17?/m0/s1. The average Bonchev–Trinajstić information content (AvgIpc) is 2.68. The molecule has 2 atom stereocenters. The Hall–Kier alpha value is -0.860. The first kappa shape index (κ1) is 14.5. The molecule has 0 radical (unpaired) electrons. The Balaban J connectivity index is 2.13. The number of aliphatic hydroxyl groups excluding tert-OH is 1. The maximum Gasteiger partial charge on any atom is 0.0587 e. The minimum Gasteiger partial charge on any atom is -0.395 e. The molecule has 1 N–H and O–H groups in total. The zero-order chi connectivity index (χ0) is 14.1. The van der Waals surface area contributed by atoms with Crippen molar-refractivity contribution in [3.05, 3.63) is 35.9 Å². The van der Waals surface area contributed by atoms with Crippen LogP contribution in [0.5, 0.6) is 0 Å². The third-order valence-electron chi connectivity index (χ3n) is 5.00. The fourth-order valence-electron chi connectivity index (χ4n) is 3.02. The zero-order valence-electron chi connectivity index (χ0n) is 12.7. The van der Waals surface area contributed by atoms with Crippen LogP contribution in [0.3, 0.4) is 0 Å². The second-order valence-corrected chi connectivity index (χ2v) is 7.24. The highest BCUT2D eigenvalue weighted by atomic mass is 16.3. The van der Waals surface area contributed by atoms with Gasteiger partial charge in [-0.25, -0.2) is 0 Å². The smallest absolute Gasteiger partial charge is 0.0587 e. The number of hydrogen-bond acceptors (Lipinski definition) is 2. The van der Waals surface area contributed by atoms with E-state index in [9.17, 15) is 5.11 Å². The molecule has 2 rings (SSSR count). The van der Waals surface area contributed by atoms with E-state index in [4.69, 9.17) is 0 Å². The van der Waals surface area contributed by atoms with Crippen LogP contribution < -0.4 is 0 Å². The molecule has 19 heavy (non-hydrogen) atoms. The monoisotopic (exact) mass is 261 g/mol. The minimum atomic E-state index is 0.262. The first-order valence-corrected chi connectivity index (χ1v) is 7.24. The Morgan fingerprint density at radius 3 is 2.42 bits per heavy atom. The molecule has 1 aliphatic rings. The Bertz CT molecular complexity index is 409. The van der Waals surface area contributed by atoms with Crippen molar-refractivity contribution in [1.82, 2.24) is 4.90 Å². The summed E-state index contributed by atoms with van der Waals surface area (Å²) in [6.45, 7) is 11.6. The summed E-state index contributed by atoms with van der Waals surface area (Å²) < 4.78 is 0. The molecule has 1 fully saturated rings. The van der Waals surface area contributed by atoms with E-state index in [-0.39, 0.29) is 17.4 Å². The average molecular weight is 261 g/mol. The summed E-state index contributed by atoms with van der Waals surface area (Å²) in [7, 11) is 0. The van der Waals surface area contributed by atoms with Crippen LogP contribution in [-0.2, 0) is 6.54 Å². The predicted molar refractivity (Wildman–Crippen MR) is 79.9 cm³/mol. The van der Waals surface area contributed by atoms with Gasteiger partial charge in [-0.2, -0.15) is 0 Å². The summed E-state index contributed by atoms with van der Waals surface area (Å²) in [5.41, 5.74) is 1.88. The summed E-state index contributed by atoms with van der Waals surface area (Å²) in [5.74, 6) is 0. The third-order valence-corrected chi connectivity index (χ3v) is 5.00. The van der Waals surface area contributed by atoms with Crippen molar-refractivity contribution in [2.75, 3.05) is 13.2 Å². The van der Waals surface area contributed by atoms with Crippen molar-refractivity contribution in [1.29, 1.82) is 0 Å². The summed E-state index contributed by atoms with van der Waals surface area (Å²) in [5, 5.41) is 9.67. The molecule has 0 aromatic heterocycles. The highest BCUT2D eigenvalue weighted by Gasteiger charge is 2.47. The minimum absolute atomic E-state index is 0.262. The second kappa shape index (κ2) is 5.26. The normalized spacial score (nSPS) is 28.8. The number of benzene rings is 1. The molecular weight excluding hydrogens is 234 g/mol. The van der Waals surface area contributed by atoms with Gasteiger partial charge in [0.15, 0.2) is 0 Å². The molecular formula is C17H27NO. The van der Waals surface area contributed by atoms with Gasteiger partial charge in [-0.1, -0.05) is 58.0 Å². The van der Waals surface area contributed by atoms with Crippen LogP contribution in [0.25, 0.3) is 0 Å². The molecule has 1 unspecified atom stereocenters. The van der Waals surface area contributed by atoms with Crippen LogP contribution in [0.2, 0.25) is 0 Å². The Labute approximate surface area is 117 Å². The third kappa shape index (κ3) is 3.01. The number of hydrogen-bond donors (Lipinski definition) is 1. The van der Waals surface area contributed by atoms with Gasteiger partial charge >= 0.3 is 0 Å². The quantitative estimate of drug-likeness (QED) is 0.902. The zero-order valence-corrected chi connectivity index (χ0v) is 12.7. The van der Waals surface area contributed by atoms with Crippen molar-refractivity contribution in [3.8, 4) is 0 Å². The molecule has 0 saturated carbocycles. The van der Waals surface area contributed by atoms with E-state index in [1.165, 1.54) is 5.56 Å². The van der Waals surface area contributed by atoms with E-state index in [2.05, 4.69) is 62.9 Å². The van der Waals surface area contributed by atoms with Crippen LogP contribution in [0.1, 0.15) is 39.7 Å². The second-order valence-electron chi connectivity index (χ2n) is 7.24. The van der Waals surface area contributed by atoms with Crippen molar-refractivity contribution >= 4 is 0 Å². The molecule has 1 aromatic carbocycles. The summed E-state index contributed by atoms with van der Waals surface area (Å²) in [6, 6.07) is 10.9. The van der Waals surface area contributed by atoms with Crippen LogP contribution in [0, 0.1) is 10.8 Å². The topological polar surface area (TPSA) is 23.5 Å². The molecule has 106 valence electrons. The van der Waals surface area contributed by atoms with Crippen LogP contribution in [0.4, 0.5) is 0 Å². The van der Waals surface area contributed by atoms with E-state index in [1.54, 1.807) is 0 Å². The van der Waals surface area contributed by atoms with Gasteiger partial charge in [0, 0.05) is 19.1 Å². The van der Waals surface area contributed by atoms with E-state index in [1.807, 2.05) is 0 Å². The van der Waals surface area contributed by atoms with Crippen molar-refractivity contribution < 1.29 is 5.11 Å². The lowest BCUT2D eigenvalue weighted by atomic mass is 9.67. The first-order chi connectivity index (χ1) is 8.86. The van der Waals surface area contributed by atoms with Crippen molar-refractivity contribution in [2.24, 2.45) is 10.8 Å². The van der Waals surface area contributed by atoms with Gasteiger partial charge in [-0.05, 0) is 22.8 Å². The Morgan fingerprint density at radius 1 is 1.26 bits per heavy atom. The SMILES string of the molecule is CC(C)(C)C1(C)C[C@@H](CO)N(Cc2ccccc2)C1. The van der Waals surface area contributed by atoms with E-state index >= 15 is 0 Å². The van der Waals surface area contributed by atoms with Gasteiger partial charge in [0.05, 0.1) is 6.61 Å². The maximum absolute atomic E-state index is 9.67. The molecule has 0 aliphatic carbocycles. The Morgan fingerprint density at radius 2 is 1.89 bits per heavy atom. The fourth-order valence-corrected chi connectivity index (χ4v) is 3.02. The first-order valence-electron chi connectivity index (χ1n) is 7.24. The van der Waals surface area contributed by atoms with Crippen LogP contribution in [-0.4, -0.2) is 29.2 Å². The van der Waals surface area contributed by atoms with Crippen LogP contribution >= 0.6 is 0 Å². The van der Waals surface area contributed by atoms with Crippen molar-refractivity contribution in [2.45, 2.75) is 46.7 Å². The number of rotatable bonds is 3. The van der Waals surface area contributed by atoms with Crippen molar-refractivity contribution in [3.63, 3.8) is 0 Å². The molecule has 0 bridgehead atoms. The van der Waals surface area contributed by atoms with Gasteiger partial charge in [0.25, 0.3) is 0 Å². The lowest BCUT2D eigenvalue weighted by molar-refractivity contribution is 0.113. The van der Waals surface area contributed by atoms with E-state index in [0.717, 1.165) is 19.5 Å². The molecule has 0 spiro atoms. The highest BCUT2D eigenvalue weighted by Crippen LogP contribution is 2.48. The fraction of sp³-hybridized carbons (Fsp3) is 0.647. The van der Waals surface area contributed by atoms with Gasteiger partial charge in [-0.3, -0.25) is 4.90 Å². The summed E-state index contributed by atoms with van der Waals surface area (Å²) in [6.07, 6.45) is 1.08. The lowest BCUT2D eigenvalue weighted by Crippen LogP contribution is -2.36. The summed E-state index contributed by atoms with van der Waals surface area (Å²) >= 11 is 0. The molecule has 2 heteroatoms. The Kier molecular flexibility index (Phi) is 4.03. The van der Waals surface area contributed by atoms with Gasteiger partial charge in [0.1, 0.15) is 0 Å². The number of nitrogens with zero attached hydrogens (tertiary/aromatic N) is 1. The van der Waals surface area contributed by atoms with Gasteiger partial charge in [-0.15, -0.1) is 0 Å². The number of likely N-dealkylation sites (tertiary alicyclic amines) is 1. The molecule has 2 nitrogen and oxygen atoms in total. The van der Waals surface area contributed by atoms with E-state index in [0.29, 0.717) is 6.04 Å². The van der Waals surface area contributed by atoms with Gasteiger partial charge < -0.3 is 5.11 Å². The largest absolute Gasteiger partial charge is 0.395 e. The number of aliphatic hydroxyl groups is 1. The molecule has 1 heterocycles. The molecule has 1 saturated heterocycles. The van der Waals surface area contributed by atoms with Gasteiger partial charge in [0.2, 0.25) is 0 Å². The predicted octanol–water partition coefficient (Wildman–Crippen LogP) is 3.31. The van der Waals surface area contributed by atoms with Crippen LogP contribution in [0.15, 0.2) is 30.3 Å².